The van der Waals surface area contributed by atoms with Gasteiger partial charge in [-0.05, 0) is 88.3 Å². The number of hydrogen-bond donors (Lipinski definition) is 1. The van der Waals surface area contributed by atoms with Crippen LogP contribution in [0.5, 0.6) is 0 Å². The molecule has 3 aliphatic rings. The molecule has 0 aliphatic carbocycles. The van der Waals surface area contributed by atoms with Crippen molar-refractivity contribution in [3.05, 3.63) is 121 Å². The van der Waals surface area contributed by atoms with Gasteiger partial charge < -0.3 is 10.2 Å². The zero-order valence-electron chi connectivity index (χ0n) is 30.1. The van der Waals surface area contributed by atoms with Gasteiger partial charge in [-0.2, -0.15) is 5.10 Å². The minimum atomic E-state index is -0.408. The van der Waals surface area contributed by atoms with Crippen LogP contribution in [0.1, 0.15) is 106 Å². The molecule has 3 atom stereocenters. The van der Waals surface area contributed by atoms with E-state index in [2.05, 4.69) is 56.1 Å². The number of carbonyl (C=O) groups is 2. The Hall–Kier alpha value is -5.31. The second-order valence-electron chi connectivity index (χ2n) is 13.9. The van der Waals surface area contributed by atoms with Crippen LogP contribution in [0.15, 0.2) is 65.9 Å². The topological polar surface area (TPSA) is 110 Å². The van der Waals surface area contributed by atoms with Gasteiger partial charge in [0.1, 0.15) is 22.9 Å². The van der Waals surface area contributed by atoms with Crippen molar-refractivity contribution >= 4 is 46.5 Å². The Bertz CT molecular complexity index is 2370. The predicted octanol–water partition coefficient (Wildman–Crippen LogP) is 7.22. The number of carbonyl (C=O) groups excluding carboxylic acids is 2. The Labute approximate surface area is 317 Å². The van der Waals surface area contributed by atoms with E-state index in [4.69, 9.17) is 16.6 Å². The van der Waals surface area contributed by atoms with Crippen LogP contribution >= 0.6 is 22.9 Å². The summed E-state index contributed by atoms with van der Waals surface area (Å²) in [6.07, 6.45) is 11.4. The highest BCUT2D eigenvalue weighted by atomic mass is 35.5. The number of aryl methyl sites for hydroxylation is 2. The molecule has 2 unspecified atom stereocenters. The van der Waals surface area contributed by atoms with Crippen molar-refractivity contribution in [1.82, 2.24) is 34.8 Å². The van der Waals surface area contributed by atoms with E-state index in [-0.39, 0.29) is 23.9 Å². The van der Waals surface area contributed by atoms with E-state index in [0.717, 1.165) is 86.4 Å². The van der Waals surface area contributed by atoms with Gasteiger partial charge in [-0.3, -0.25) is 23.8 Å². The van der Waals surface area contributed by atoms with E-state index in [1.807, 2.05) is 80.3 Å². The summed E-state index contributed by atoms with van der Waals surface area (Å²) in [5, 5.41) is 18.1. The normalized spacial score (nSPS) is 19.3. The van der Waals surface area contributed by atoms with Gasteiger partial charge in [0.05, 0.1) is 22.3 Å². The molecule has 0 spiro atoms. The predicted molar refractivity (Wildman–Crippen MR) is 208 cm³/mol. The molecule has 10 nitrogen and oxygen atoms in total. The number of nitrogens with one attached hydrogen (secondary N) is 1. The highest BCUT2D eigenvalue weighted by Gasteiger charge is 2.39. The third-order valence-electron chi connectivity index (χ3n) is 10.2. The summed E-state index contributed by atoms with van der Waals surface area (Å²) in [4.78, 5) is 33.7. The maximum Gasteiger partial charge on any atom is 0.255 e. The third-order valence-corrected chi connectivity index (χ3v) is 11.7. The zero-order valence-corrected chi connectivity index (χ0v) is 31.6. The largest absolute Gasteiger partial charge is 0.352 e. The molecule has 6 heterocycles. The fourth-order valence-electron chi connectivity index (χ4n) is 7.39. The Balaban J connectivity index is 0.941. The maximum atomic E-state index is 13.2. The first kappa shape index (κ1) is 34.8. The average molecular weight is 743 g/mol. The highest BCUT2D eigenvalue weighted by molar-refractivity contribution is 7.15. The lowest BCUT2D eigenvalue weighted by molar-refractivity contribution is -0.128. The first-order chi connectivity index (χ1) is 25.7. The Morgan fingerprint density at radius 1 is 1.06 bits per heavy atom. The summed E-state index contributed by atoms with van der Waals surface area (Å²) in [6.45, 7) is 9.33. The quantitative estimate of drug-likeness (QED) is 0.140. The average Bonchev–Trinajstić information content (AvgIpc) is 3.90. The molecule has 3 aliphatic heterocycles. The fourth-order valence-corrected chi connectivity index (χ4v) is 8.74. The number of allylic oxidation sites excluding steroid dienone is 1. The van der Waals surface area contributed by atoms with Crippen LogP contribution < -0.4 is 5.32 Å². The molecule has 1 fully saturated rings. The zero-order chi connectivity index (χ0) is 36.8. The molecule has 1 N–H and O–H groups in total. The van der Waals surface area contributed by atoms with E-state index in [9.17, 15) is 9.59 Å². The monoisotopic (exact) mass is 742 g/mol. The number of aromatic nitrogens is 5. The molecule has 8 rings (SSSR count). The third kappa shape index (κ3) is 6.62. The van der Waals surface area contributed by atoms with Gasteiger partial charge in [-0.15, -0.1) is 21.5 Å². The van der Waals surface area contributed by atoms with Gasteiger partial charge in [0.25, 0.3) is 5.91 Å². The number of benzene rings is 2. The number of thiophene rings is 1. The number of amides is 2. The van der Waals surface area contributed by atoms with Crippen LogP contribution in [0.25, 0.3) is 11.1 Å². The van der Waals surface area contributed by atoms with Gasteiger partial charge in [-0.1, -0.05) is 59.9 Å². The molecule has 12 heteroatoms. The van der Waals surface area contributed by atoms with Crippen molar-refractivity contribution in [3.8, 4) is 16.8 Å². The van der Waals surface area contributed by atoms with E-state index >= 15 is 0 Å². The Morgan fingerprint density at radius 3 is 2.70 bits per heavy atom. The number of unbranched alkanes of at least 4 members (excludes halogenated alkanes) is 1. The molecule has 5 aromatic rings. The van der Waals surface area contributed by atoms with Gasteiger partial charge in [0, 0.05) is 47.0 Å². The second-order valence-corrected chi connectivity index (χ2v) is 15.4. The second kappa shape index (κ2) is 14.3. The Kier molecular flexibility index (Phi) is 9.35. The first-order valence-electron chi connectivity index (χ1n) is 18.0. The van der Waals surface area contributed by atoms with E-state index < -0.39 is 6.04 Å². The molecule has 268 valence electrons. The molecular weight excluding hydrogens is 704 g/mol. The summed E-state index contributed by atoms with van der Waals surface area (Å²) in [7, 11) is 0. The molecule has 3 aromatic heterocycles. The lowest BCUT2D eigenvalue weighted by atomic mass is 9.99. The maximum absolute atomic E-state index is 13.2. The molecule has 0 saturated carbocycles. The number of aliphatic imine (C=N–C) groups is 1. The minimum Gasteiger partial charge on any atom is -0.352 e. The Morgan fingerprint density at radius 2 is 1.89 bits per heavy atom. The van der Waals surface area contributed by atoms with Gasteiger partial charge >= 0.3 is 0 Å². The summed E-state index contributed by atoms with van der Waals surface area (Å²) < 4.78 is 4.04. The molecule has 0 radical (unpaired) electrons. The van der Waals surface area contributed by atoms with Crippen molar-refractivity contribution in [2.75, 3.05) is 0 Å². The van der Waals surface area contributed by atoms with Crippen molar-refractivity contribution in [2.24, 2.45) is 4.99 Å². The number of rotatable bonds is 7. The SMILES string of the molecule is Cc1c(C#Cc2cnn(CCC/C=C/c3cccc4c3CN(C3CCC(C)NC3=O)C4=O)c2)sc2c1C(c1ccc(Cl)cc1)=N[C@@H](C)c1nnc(C)n1-2. The van der Waals surface area contributed by atoms with Crippen LogP contribution in [0.2, 0.25) is 5.02 Å². The van der Waals surface area contributed by atoms with Crippen molar-refractivity contribution in [1.29, 1.82) is 0 Å². The summed E-state index contributed by atoms with van der Waals surface area (Å²) in [5.41, 5.74) is 7.55. The van der Waals surface area contributed by atoms with Crippen molar-refractivity contribution < 1.29 is 9.59 Å². The molecule has 2 aromatic carbocycles. The van der Waals surface area contributed by atoms with Crippen LogP contribution in [0.4, 0.5) is 0 Å². The fraction of sp³-hybridized carbons (Fsp3) is 0.317. The molecule has 0 bridgehead atoms. The minimum absolute atomic E-state index is 0.0551. The van der Waals surface area contributed by atoms with Crippen LogP contribution in [-0.2, 0) is 17.9 Å². The number of hydrogen-bond acceptors (Lipinski definition) is 7. The van der Waals surface area contributed by atoms with Crippen LogP contribution in [0, 0.1) is 25.7 Å². The molecule has 53 heavy (non-hydrogen) atoms. The summed E-state index contributed by atoms with van der Waals surface area (Å²) in [5.74, 6) is 8.27. The van der Waals surface area contributed by atoms with Crippen molar-refractivity contribution in [2.45, 2.75) is 84.6 Å². The number of piperidine rings is 1. The van der Waals surface area contributed by atoms with E-state index in [0.29, 0.717) is 23.6 Å². The van der Waals surface area contributed by atoms with Crippen LogP contribution in [0.3, 0.4) is 0 Å². The number of nitrogens with zero attached hydrogens (tertiary/aromatic N) is 7. The lowest BCUT2D eigenvalue weighted by Crippen LogP contribution is -2.53. The molecule has 1 saturated heterocycles. The molecule has 2 amide bonds. The van der Waals surface area contributed by atoms with Gasteiger partial charge in [-0.25, -0.2) is 0 Å². The van der Waals surface area contributed by atoms with E-state index in [1.165, 1.54) is 0 Å². The molecular formula is C41H39ClN8O2S. The highest BCUT2D eigenvalue weighted by Crippen LogP contribution is 2.39. The number of halogens is 1. The first-order valence-corrected chi connectivity index (χ1v) is 19.2. The van der Waals surface area contributed by atoms with Crippen molar-refractivity contribution in [3.63, 3.8) is 0 Å². The smallest absolute Gasteiger partial charge is 0.255 e. The summed E-state index contributed by atoms with van der Waals surface area (Å²) >= 11 is 7.86. The van der Waals surface area contributed by atoms with Crippen LogP contribution in [-0.4, -0.2) is 59.1 Å². The van der Waals surface area contributed by atoms with Gasteiger partial charge in [0.15, 0.2) is 5.82 Å². The van der Waals surface area contributed by atoms with Gasteiger partial charge in [0.2, 0.25) is 5.91 Å². The van der Waals surface area contributed by atoms with E-state index in [1.54, 1.807) is 16.2 Å². The number of fused-ring (bicyclic) bond motifs is 4. The lowest BCUT2D eigenvalue weighted by Gasteiger charge is -2.33. The summed E-state index contributed by atoms with van der Waals surface area (Å²) in [6, 6.07) is 13.2. The standard InChI is InChI=1S/C41H39ClN8O2S/c1-24-12-18-34(39(51)44-24)49-23-33-29(10-8-11-32(33)40(49)52)9-6-5-7-20-48-22-28(21-43-48)13-19-35-25(2)36-37(30-14-16-31(42)17-15-30)45-26(3)38-47-46-27(4)50(38)41(36)53-35/h6,8-11,14-17,21-22,24,26,34H,5,7,12,18,20,23H2,1-4H3,(H,44,51)/b9-6+/t24?,26-,34?/m0/s1.